The molecule has 0 saturated heterocycles. The predicted molar refractivity (Wildman–Crippen MR) is 49.8 cm³/mol. The maximum absolute atomic E-state index is 11.3. The molecule has 1 unspecified atom stereocenters. The number of aliphatic carboxylic acids is 1. The zero-order chi connectivity index (χ0) is 10.7. The second kappa shape index (κ2) is 4.37. The second-order valence-electron chi connectivity index (χ2n) is 3.64. The molecule has 2 N–H and O–H groups in total. The van der Waals surface area contributed by atoms with E-state index in [-0.39, 0.29) is 18.6 Å². The Bertz CT molecular complexity index is 290. The van der Waals surface area contributed by atoms with E-state index < -0.39 is 12.1 Å². The van der Waals surface area contributed by atoms with Gasteiger partial charge in [-0.3, -0.25) is 9.59 Å². The lowest BCUT2D eigenvalue weighted by atomic mass is 10.0. The Morgan fingerprint density at radius 1 is 1.50 bits per heavy atom. The first-order chi connectivity index (χ1) is 6.50. The van der Waals surface area contributed by atoms with Crippen molar-refractivity contribution in [3.05, 3.63) is 11.1 Å². The minimum atomic E-state index is -1.04. The van der Waals surface area contributed by atoms with Gasteiger partial charge in [0.1, 0.15) is 0 Å². The van der Waals surface area contributed by atoms with Crippen molar-refractivity contribution in [2.75, 3.05) is 0 Å². The maximum Gasteiger partial charge on any atom is 0.305 e. The van der Waals surface area contributed by atoms with Crippen molar-refractivity contribution >= 4 is 11.8 Å². The Balaban J connectivity index is 2.55. The summed E-state index contributed by atoms with van der Waals surface area (Å²) in [5.41, 5.74) is 1.61. The quantitative estimate of drug-likeness (QED) is 0.703. The first-order valence-corrected chi connectivity index (χ1v) is 4.62. The summed E-state index contributed by atoms with van der Waals surface area (Å²) in [4.78, 5) is 21.6. The normalized spacial score (nSPS) is 18.9. The van der Waals surface area contributed by atoms with Crippen molar-refractivity contribution in [2.24, 2.45) is 0 Å². The number of allylic oxidation sites excluding steroid dienone is 1. The molecule has 0 amide bonds. The van der Waals surface area contributed by atoms with E-state index in [0.717, 1.165) is 12.0 Å². The molecule has 0 radical (unpaired) electrons. The van der Waals surface area contributed by atoms with Crippen molar-refractivity contribution in [3.63, 3.8) is 0 Å². The molecule has 4 nitrogen and oxygen atoms in total. The van der Waals surface area contributed by atoms with Crippen LogP contribution in [0.5, 0.6) is 0 Å². The van der Waals surface area contributed by atoms with Crippen molar-refractivity contribution in [2.45, 2.75) is 38.7 Å². The van der Waals surface area contributed by atoms with Crippen LogP contribution < -0.4 is 0 Å². The molecule has 0 aliphatic heterocycles. The first-order valence-electron chi connectivity index (χ1n) is 4.62. The maximum atomic E-state index is 11.3. The number of aliphatic hydroxyl groups excluding tert-OH is 1. The lowest BCUT2D eigenvalue weighted by molar-refractivity contribution is -0.139. The highest BCUT2D eigenvalue weighted by molar-refractivity contribution is 5.98. The molecule has 0 spiro atoms. The SMILES string of the molecule is CC1=C(CC(O)CC(=O)O)C(=O)CC1. The van der Waals surface area contributed by atoms with Gasteiger partial charge in [0, 0.05) is 12.8 Å². The van der Waals surface area contributed by atoms with Gasteiger partial charge in [0.2, 0.25) is 0 Å². The smallest absolute Gasteiger partial charge is 0.305 e. The van der Waals surface area contributed by atoms with Gasteiger partial charge in [0.25, 0.3) is 0 Å². The molecular formula is C10H14O4. The van der Waals surface area contributed by atoms with Crippen LogP contribution in [0.3, 0.4) is 0 Å². The van der Waals surface area contributed by atoms with Gasteiger partial charge < -0.3 is 10.2 Å². The number of carboxylic acids is 1. The largest absolute Gasteiger partial charge is 0.481 e. The number of carbonyl (C=O) groups is 2. The van der Waals surface area contributed by atoms with E-state index in [1.54, 1.807) is 0 Å². The van der Waals surface area contributed by atoms with E-state index in [2.05, 4.69) is 0 Å². The van der Waals surface area contributed by atoms with Crippen LogP contribution in [0.4, 0.5) is 0 Å². The number of rotatable bonds is 4. The monoisotopic (exact) mass is 198 g/mol. The molecule has 1 aliphatic rings. The summed E-state index contributed by atoms with van der Waals surface area (Å²) in [6.07, 6.45) is 0.176. The van der Waals surface area contributed by atoms with Crippen LogP contribution in [0.2, 0.25) is 0 Å². The molecule has 0 bridgehead atoms. The molecule has 0 aromatic rings. The highest BCUT2D eigenvalue weighted by Gasteiger charge is 2.23. The van der Waals surface area contributed by atoms with Gasteiger partial charge in [-0.15, -0.1) is 0 Å². The fourth-order valence-electron chi connectivity index (χ4n) is 1.64. The fourth-order valence-corrected chi connectivity index (χ4v) is 1.64. The minimum Gasteiger partial charge on any atom is -0.481 e. The Morgan fingerprint density at radius 2 is 2.14 bits per heavy atom. The topological polar surface area (TPSA) is 74.6 Å². The Morgan fingerprint density at radius 3 is 2.57 bits per heavy atom. The molecular weight excluding hydrogens is 184 g/mol. The number of hydrogen-bond acceptors (Lipinski definition) is 3. The van der Waals surface area contributed by atoms with Crippen LogP contribution in [0.15, 0.2) is 11.1 Å². The standard InChI is InChI=1S/C10H14O4/c1-6-2-3-9(12)8(6)4-7(11)5-10(13)14/h7,11H,2-5H2,1H3,(H,13,14). The van der Waals surface area contributed by atoms with E-state index in [9.17, 15) is 14.7 Å². The van der Waals surface area contributed by atoms with E-state index in [1.165, 1.54) is 0 Å². The molecule has 0 aromatic heterocycles. The van der Waals surface area contributed by atoms with Gasteiger partial charge >= 0.3 is 5.97 Å². The van der Waals surface area contributed by atoms with Gasteiger partial charge in [-0.25, -0.2) is 0 Å². The van der Waals surface area contributed by atoms with Gasteiger partial charge in [0.15, 0.2) is 5.78 Å². The molecule has 1 atom stereocenters. The highest BCUT2D eigenvalue weighted by Crippen LogP contribution is 2.26. The van der Waals surface area contributed by atoms with Crippen molar-refractivity contribution in [3.8, 4) is 0 Å². The molecule has 0 heterocycles. The van der Waals surface area contributed by atoms with Crippen LogP contribution in [-0.2, 0) is 9.59 Å². The lowest BCUT2D eigenvalue weighted by Gasteiger charge is -2.08. The number of hydrogen-bond donors (Lipinski definition) is 2. The summed E-state index contributed by atoms with van der Waals surface area (Å²) in [6, 6.07) is 0. The summed E-state index contributed by atoms with van der Waals surface area (Å²) in [6.45, 7) is 1.85. The number of carboxylic acid groups (broad SMARTS) is 1. The molecule has 14 heavy (non-hydrogen) atoms. The second-order valence-corrected chi connectivity index (χ2v) is 3.64. The third-order valence-corrected chi connectivity index (χ3v) is 2.43. The molecule has 4 heteroatoms. The van der Waals surface area contributed by atoms with Crippen LogP contribution in [0.25, 0.3) is 0 Å². The Labute approximate surface area is 82.2 Å². The average Bonchev–Trinajstić information content (AvgIpc) is 2.34. The van der Waals surface area contributed by atoms with Crippen molar-refractivity contribution in [1.82, 2.24) is 0 Å². The summed E-state index contributed by atoms with van der Waals surface area (Å²) in [5, 5.41) is 17.8. The summed E-state index contributed by atoms with van der Waals surface area (Å²) in [5.74, 6) is -0.992. The first kappa shape index (κ1) is 10.9. The molecule has 1 rings (SSSR count). The van der Waals surface area contributed by atoms with Crippen LogP contribution in [0.1, 0.15) is 32.6 Å². The zero-order valence-corrected chi connectivity index (χ0v) is 8.12. The fraction of sp³-hybridized carbons (Fsp3) is 0.600. The molecule has 78 valence electrons. The summed E-state index contributed by atoms with van der Waals surface area (Å²) in [7, 11) is 0. The Hall–Kier alpha value is -1.16. The summed E-state index contributed by atoms with van der Waals surface area (Å²) >= 11 is 0. The third kappa shape index (κ3) is 2.67. The van der Waals surface area contributed by atoms with E-state index in [0.29, 0.717) is 12.0 Å². The third-order valence-electron chi connectivity index (χ3n) is 2.43. The molecule has 0 aromatic carbocycles. The van der Waals surface area contributed by atoms with Crippen LogP contribution in [-0.4, -0.2) is 28.1 Å². The number of ketones is 1. The van der Waals surface area contributed by atoms with Gasteiger partial charge in [0.05, 0.1) is 12.5 Å². The van der Waals surface area contributed by atoms with Gasteiger partial charge in [-0.1, -0.05) is 5.57 Å². The van der Waals surface area contributed by atoms with Gasteiger partial charge in [-0.2, -0.15) is 0 Å². The van der Waals surface area contributed by atoms with Crippen LogP contribution >= 0.6 is 0 Å². The minimum absolute atomic E-state index is 0.0481. The van der Waals surface area contributed by atoms with Gasteiger partial charge in [-0.05, 0) is 18.9 Å². The summed E-state index contributed by atoms with van der Waals surface area (Å²) < 4.78 is 0. The van der Waals surface area contributed by atoms with Crippen LogP contribution in [0, 0.1) is 0 Å². The lowest BCUT2D eigenvalue weighted by Crippen LogP contribution is -2.15. The number of Topliss-reactive ketones (excluding diaryl/α,β-unsaturated/α-hetero) is 1. The molecule has 1 aliphatic carbocycles. The van der Waals surface area contributed by atoms with Crippen molar-refractivity contribution < 1.29 is 19.8 Å². The number of carbonyl (C=O) groups excluding carboxylic acids is 1. The van der Waals surface area contributed by atoms with Crippen molar-refractivity contribution in [1.29, 1.82) is 0 Å². The molecule has 0 fully saturated rings. The Kier molecular flexibility index (Phi) is 3.41. The van der Waals surface area contributed by atoms with E-state index >= 15 is 0 Å². The predicted octanol–water partition coefficient (Wildman–Crippen LogP) is 0.891. The van der Waals surface area contributed by atoms with E-state index in [1.807, 2.05) is 6.92 Å². The number of aliphatic hydroxyl groups is 1. The zero-order valence-electron chi connectivity index (χ0n) is 8.12. The molecule has 0 saturated carbocycles. The van der Waals surface area contributed by atoms with E-state index in [4.69, 9.17) is 5.11 Å². The highest BCUT2D eigenvalue weighted by atomic mass is 16.4. The average molecular weight is 198 g/mol.